The molecule has 0 atom stereocenters. The first-order chi connectivity index (χ1) is 13.7. The molecule has 1 aliphatic rings. The van der Waals surface area contributed by atoms with Crippen LogP contribution in [0.1, 0.15) is 28.8 Å². The van der Waals surface area contributed by atoms with E-state index in [2.05, 4.69) is 0 Å². The van der Waals surface area contributed by atoms with E-state index >= 15 is 0 Å². The number of ketones is 1. The Bertz CT molecular complexity index is 807. The summed E-state index contributed by atoms with van der Waals surface area (Å²) in [6.45, 7) is 2.46. The van der Waals surface area contributed by atoms with Gasteiger partial charge in [-0.3, -0.25) is 9.59 Å². The van der Waals surface area contributed by atoms with E-state index in [0.717, 1.165) is 6.42 Å². The summed E-state index contributed by atoms with van der Waals surface area (Å²) in [6, 6.07) is 15.2. The molecule has 2 aromatic carbocycles. The van der Waals surface area contributed by atoms with Gasteiger partial charge in [-0.2, -0.15) is 0 Å². The van der Waals surface area contributed by atoms with Gasteiger partial charge in [0.05, 0.1) is 0 Å². The summed E-state index contributed by atoms with van der Waals surface area (Å²) < 4.78 is 11.0. The monoisotopic (exact) mass is 382 g/mol. The summed E-state index contributed by atoms with van der Waals surface area (Å²) in [6.07, 6.45) is 1.09. The first-order valence-electron chi connectivity index (χ1n) is 9.62. The molecular formula is C22H26N2O4. The zero-order chi connectivity index (χ0) is 19.8. The topological polar surface area (TPSA) is 81.9 Å². The van der Waals surface area contributed by atoms with Gasteiger partial charge < -0.3 is 20.1 Å². The van der Waals surface area contributed by atoms with Crippen molar-refractivity contribution in [1.82, 2.24) is 4.90 Å². The van der Waals surface area contributed by atoms with Gasteiger partial charge >= 0.3 is 0 Å². The van der Waals surface area contributed by atoms with Gasteiger partial charge in [-0.05, 0) is 30.2 Å². The van der Waals surface area contributed by atoms with Crippen LogP contribution in [0.25, 0.3) is 0 Å². The third-order valence-electron chi connectivity index (χ3n) is 4.70. The molecule has 0 unspecified atom stereocenters. The molecule has 0 saturated carbocycles. The number of hydrogen-bond donors (Lipinski definition) is 1. The second-order valence-electron chi connectivity index (χ2n) is 6.69. The summed E-state index contributed by atoms with van der Waals surface area (Å²) in [5.74, 6) is 1.10. The highest BCUT2D eigenvalue weighted by molar-refractivity contribution is 5.98. The van der Waals surface area contributed by atoms with Gasteiger partial charge in [0.25, 0.3) is 0 Å². The van der Waals surface area contributed by atoms with Crippen molar-refractivity contribution in [1.29, 1.82) is 0 Å². The largest absolute Gasteiger partial charge is 0.486 e. The number of hydrogen-bond acceptors (Lipinski definition) is 5. The van der Waals surface area contributed by atoms with E-state index in [0.29, 0.717) is 49.9 Å². The number of rotatable bonds is 9. The van der Waals surface area contributed by atoms with Crippen LogP contribution in [0.2, 0.25) is 0 Å². The summed E-state index contributed by atoms with van der Waals surface area (Å²) in [5, 5.41) is 0. The molecule has 1 heterocycles. The molecule has 0 saturated heterocycles. The lowest BCUT2D eigenvalue weighted by Crippen LogP contribution is -2.37. The van der Waals surface area contributed by atoms with Crippen LogP contribution in [-0.2, 0) is 11.2 Å². The van der Waals surface area contributed by atoms with Crippen molar-refractivity contribution in [2.75, 3.05) is 32.8 Å². The smallest absolute Gasteiger partial charge is 0.223 e. The summed E-state index contributed by atoms with van der Waals surface area (Å²) in [7, 11) is 0. The van der Waals surface area contributed by atoms with Crippen molar-refractivity contribution in [3.05, 3.63) is 59.7 Å². The van der Waals surface area contributed by atoms with Gasteiger partial charge in [0.1, 0.15) is 13.2 Å². The van der Waals surface area contributed by atoms with E-state index < -0.39 is 0 Å². The quantitative estimate of drug-likeness (QED) is 0.674. The molecule has 1 aliphatic heterocycles. The molecule has 0 spiro atoms. The number of benzene rings is 2. The van der Waals surface area contributed by atoms with Crippen molar-refractivity contribution in [2.24, 2.45) is 5.73 Å². The highest BCUT2D eigenvalue weighted by Gasteiger charge is 2.18. The number of carbonyl (C=O) groups excluding carboxylic acids is 2. The summed E-state index contributed by atoms with van der Waals surface area (Å²) in [4.78, 5) is 26.8. The van der Waals surface area contributed by atoms with Crippen LogP contribution in [0.3, 0.4) is 0 Å². The lowest BCUT2D eigenvalue weighted by atomic mass is 10.0. The molecule has 148 valence electrons. The molecule has 3 rings (SSSR count). The van der Waals surface area contributed by atoms with E-state index in [4.69, 9.17) is 15.2 Å². The van der Waals surface area contributed by atoms with Gasteiger partial charge in [0.15, 0.2) is 17.3 Å². The minimum absolute atomic E-state index is 0.0488. The number of amides is 1. The standard InChI is InChI=1S/C22H26N2O4/c23-11-13-24(12-10-17-4-2-1-3-5-17)22(26)9-7-19(25)18-6-8-20-21(16-18)28-15-14-27-20/h1-6,8,16H,7,9-15,23H2. The van der Waals surface area contributed by atoms with E-state index in [-0.39, 0.29) is 24.5 Å². The van der Waals surface area contributed by atoms with Crippen molar-refractivity contribution in [3.8, 4) is 11.5 Å². The van der Waals surface area contributed by atoms with Crippen LogP contribution >= 0.6 is 0 Å². The van der Waals surface area contributed by atoms with Gasteiger partial charge in [-0.25, -0.2) is 0 Å². The summed E-state index contributed by atoms with van der Waals surface area (Å²) >= 11 is 0. The number of Topliss-reactive ketones (excluding diaryl/α,β-unsaturated/α-hetero) is 1. The third-order valence-corrected chi connectivity index (χ3v) is 4.70. The number of nitrogens with two attached hydrogens (primary N) is 1. The zero-order valence-corrected chi connectivity index (χ0v) is 15.9. The predicted molar refractivity (Wildman–Crippen MR) is 107 cm³/mol. The first kappa shape index (κ1) is 19.9. The average Bonchev–Trinajstić information content (AvgIpc) is 2.75. The van der Waals surface area contributed by atoms with Gasteiger partial charge in [-0.15, -0.1) is 0 Å². The van der Waals surface area contributed by atoms with E-state index in [9.17, 15) is 9.59 Å². The Morgan fingerprint density at radius 2 is 1.68 bits per heavy atom. The SMILES string of the molecule is NCCN(CCc1ccccc1)C(=O)CCC(=O)c1ccc2c(c1)OCCO2. The van der Waals surface area contributed by atoms with Gasteiger partial charge in [-0.1, -0.05) is 30.3 Å². The molecule has 2 N–H and O–H groups in total. The zero-order valence-electron chi connectivity index (χ0n) is 15.9. The maximum absolute atomic E-state index is 12.6. The number of fused-ring (bicyclic) bond motifs is 1. The van der Waals surface area contributed by atoms with Gasteiger partial charge in [0.2, 0.25) is 5.91 Å². The number of nitrogens with zero attached hydrogens (tertiary/aromatic N) is 1. The number of carbonyl (C=O) groups is 2. The van der Waals surface area contributed by atoms with Gasteiger partial charge in [0, 0.05) is 38.0 Å². The Morgan fingerprint density at radius 3 is 2.43 bits per heavy atom. The van der Waals surface area contributed by atoms with E-state index in [1.165, 1.54) is 5.56 Å². The second-order valence-corrected chi connectivity index (χ2v) is 6.69. The minimum Gasteiger partial charge on any atom is -0.486 e. The van der Waals surface area contributed by atoms with Crippen molar-refractivity contribution < 1.29 is 19.1 Å². The molecule has 6 nitrogen and oxygen atoms in total. The molecule has 0 aromatic heterocycles. The average molecular weight is 382 g/mol. The van der Waals surface area contributed by atoms with Crippen molar-refractivity contribution >= 4 is 11.7 Å². The van der Waals surface area contributed by atoms with Crippen LogP contribution in [0.5, 0.6) is 11.5 Å². The molecule has 0 radical (unpaired) electrons. The molecule has 28 heavy (non-hydrogen) atoms. The fraction of sp³-hybridized carbons (Fsp3) is 0.364. The maximum Gasteiger partial charge on any atom is 0.223 e. The molecular weight excluding hydrogens is 356 g/mol. The maximum atomic E-state index is 12.6. The van der Waals surface area contributed by atoms with Crippen LogP contribution in [0, 0.1) is 0 Å². The predicted octanol–water partition coefficient (Wildman–Crippen LogP) is 2.45. The lowest BCUT2D eigenvalue weighted by molar-refractivity contribution is -0.131. The second kappa shape index (κ2) is 9.90. The van der Waals surface area contributed by atoms with Crippen molar-refractivity contribution in [3.63, 3.8) is 0 Å². The molecule has 0 bridgehead atoms. The van der Waals surface area contributed by atoms with Crippen molar-refractivity contribution in [2.45, 2.75) is 19.3 Å². The minimum atomic E-state index is -0.0823. The fourth-order valence-corrected chi connectivity index (χ4v) is 3.17. The van der Waals surface area contributed by atoms with E-state index in [1.54, 1.807) is 23.1 Å². The van der Waals surface area contributed by atoms with Crippen LogP contribution in [0.4, 0.5) is 0 Å². The molecule has 0 fully saturated rings. The Kier molecular flexibility index (Phi) is 7.03. The summed E-state index contributed by atoms with van der Waals surface area (Å²) in [5.41, 5.74) is 7.37. The first-order valence-corrected chi connectivity index (χ1v) is 9.62. The van der Waals surface area contributed by atoms with E-state index in [1.807, 2.05) is 30.3 Å². The fourth-order valence-electron chi connectivity index (χ4n) is 3.17. The Hall–Kier alpha value is -2.86. The highest BCUT2D eigenvalue weighted by Crippen LogP contribution is 2.31. The molecule has 2 aromatic rings. The highest BCUT2D eigenvalue weighted by atomic mass is 16.6. The Balaban J connectivity index is 1.53. The molecule has 6 heteroatoms. The normalized spacial score (nSPS) is 12.5. The Labute approximate surface area is 165 Å². The van der Waals surface area contributed by atoms with Crippen LogP contribution in [-0.4, -0.2) is 49.4 Å². The number of ether oxygens (including phenoxy) is 2. The molecule has 0 aliphatic carbocycles. The third kappa shape index (κ3) is 5.33. The Morgan fingerprint density at radius 1 is 0.929 bits per heavy atom. The van der Waals surface area contributed by atoms with Crippen LogP contribution < -0.4 is 15.2 Å². The lowest BCUT2D eigenvalue weighted by Gasteiger charge is -2.22. The molecule has 1 amide bonds. The van der Waals surface area contributed by atoms with Crippen LogP contribution in [0.15, 0.2) is 48.5 Å².